The van der Waals surface area contributed by atoms with Crippen LogP contribution in [-0.4, -0.2) is 8.76 Å². The Balaban J connectivity index is 2.98. The van der Waals surface area contributed by atoms with E-state index >= 15 is 0 Å². The lowest BCUT2D eigenvalue weighted by molar-refractivity contribution is 0.539. The molecule has 0 spiro atoms. The van der Waals surface area contributed by atoms with Crippen LogP contribution < -0.4 is 0 Å². The van der Waals surface area contributed by atoms with Crippen molar-refractivity contribution in [3.8, 4) is 0 Å². The van der Waals surface area contributed by atoms with Gasteiger partial charge < -0.3 is 4.55 Å². The minimum Gasteiger partial charge on any atom is -0.768 e. The first-order valence-electron chi connectivity index (χ1n) is 2.05. The summed E-state index contributed by atoms with van der Waals surface area (Å²) in [6.07, 6.45) is 0. The van der Waals surface area contributed by atoms with E-state index in [0.29, 0.717) is 4.34 Å². The summed E-state index contributed by atoms with van der Waals surface area (Å²) in [6.45, 7) is 0. The van der Waals surface area contributed by atoms with E-state index in [9.17, 15) is 8.76 Å². The van der Waals surface area contributed by atoms with Gasteiger partial charge in [-0.3, -0.25) is 4.21 Å². The van der Waals surface area contributed by atoms with Gasteiger partial charge >= 0.3 is 0 Å². The van der Waals surface area contributed by atoms with Crippen LogP contribution in [0.1, 0.15) is 0 Å². The molecule has 5 heteroatoms. The first-order chi connectivity index (χ1) is 4.20. The molecule has 0 saturated carbocycles. The van der Waals surface area contributed by atoms with Crippen molar-refractivity contribution in [2.75, 3.05) is 0 Å². The van der Waals surface area contributed by atoms with Crippen molar-refractivity contribution in [2.45, 2.75) is 4.21 Å². The Morgan fingerprint density at radius 1 is 1.67 bits per heavy atom. The van der Waals surface area contributed by atoms with Crippen LogP contribution in [0.3, 0.4) is 0 Å². The second-order valence-corrected chi connectivity index (χ2v) is 4.18. The molecule has 0 fully saturated rings. The summed E-state index contributed by atoms with van der Waals surface area (Å²) in [4.78, 5) is 0. The molecule has 1 aromatic heterocycles. The van der Waals surface area contributed by atoms with Gasteiger partial charge in [0.05, 0.1) is 8.55 Å². The van der Waals surface area contributed by atoms with E-state index in [2.05, 4.69) is 0 Å². The third kappa shape index (κ3) is 1.76. The molecule has 0 aliphatic rings. The molecule has 0 saturated heterocycles. The molecule has 1 unspecified atom stereocenters. The molecule has 0 N–H and O–H groups in total. The second kappa shape index (κ2) is 2.79. The van der Waals surface area contributed by atoms with Gasteiger partial charge in [-0.05, 0) is 23.2 Å². The molecule has 1 atom stereocenters. The summed E-state index contributed by atoms with van der Waals surface area (Å²) in [5, 5.41) is 0. The maximum Gasteiger partial charge on any atom is 0.0940 e. The molecular formula is C4H2ClO2S2-. The van der Waals surface area contributed by atoms with Crippen molar-refractivity contribution in [2.24, 2.45) is 0 Å². The Kier molecular flexibility index (Phi) is 2.23. The fourth-order valence-electron chi connectivity index (χ4n) is 0.387. The summed E-state index contributed by atoms with van der Waals surface area (Å²) < 4.78 is 21.1. The van der Waals surface area contributed by atoms with Gasteiger partial charge in [0.2, 0.25) is 0 Å². The maximum absolute atomic E-state index is 10.2. The third-order valence-corrected chi connectivity index (χ3v) is 2.86. The lowest BCUT2D eigenvalue weighted by Gasteiger charge is -1.96. The molecule has 9 heavy (non-hydrogen) atoms. The zero-order valence-corrected chi connectivity index (χ0v) is 6.55. The van der Waals surface area contributed by atoms with E-state index in [0.717, 1.165) is 11.3 Å². The molecule has 50 valence electrons. The summed E-state index contributed by atoms with van der Waals surface area (Å²) in [5.74, 6) is 0. The van der Waals surface area contributed by atoms with Gasteiger partial charge in [0.15, 0.2) is 0 Å². The molecule has 0 amide bonds. The van der Waals surface area contributed by atoms with E-state index in [-0.39, 0.29) is 4.21 Å². The molecule has 0 aromatic carbocycles. The Labute approximate surface area is 63.8 Å². The molecule has 1 aromatic rings. The largest absolute Gasteiger partial charge is 0.768 e. The summed E-state index contributed by atoms with van der Waals surface area (Å²) in [6, 6.07) is 3.02. The first-order valence-corrected chi connectivity index (χ1v) is 4.31. The predicted molar refractivity (Wildman–Crippen MR) is 36.5 cm³/mol. The standard InChI is InChI=1S/C4H3ClO2S2/c5-3-1-2-4(8-3)9(6)7/h1-2H,(H,6,7)/p-1. The van der Waals surface area contributed by atoms with E-state index in [1.807, 2.05) is 0 Å². The van der Waals surface area contributed by atoms with Crippen LogP contribution in [0.4, 0.5) is 0 Å². The zero-order valence-electron chi connectivity index (χ0n) is 4.17. The number of halogens is 1. The van der Waals surface area contributed by atoms with E-state index in [4.69, 9.17) is 11.6 Å². The molecular weight excluding hydrogens is 180 g/mol. The molecule has 2 nitrogen and oxygen atoms in total. The monoisotopic (exact) mass is 181 g/mol. The van der Waals surface area contributed by atoms with Crippen molar-refractivity contribution in [1.29, 1.82) is 0 Å². The Morgan fingerprint density at radius 2 is 2.33 bits per heavy atom. The number of rotatable bonds is 1. The normalized spacial score (nSPS) is 13.6. The highest BCUT2D eigenvalue weighted by molar-refractivity contribution is 7.81. The van der Waals surface area contributed by atoms with E-state index < -0.39 is 11.1 Å². The Bertz CT molecular complexity index is 232. The average Bonchev–Trinajstić information content (AvgIpc) is 2.14. The van der Waals surface area contributed by atoms with E-state index in [1.165, 1.54) is 6.07 Å². The van der Waals surface area contributed by atoms with Crippen LogP contribution >= 0.6 is 22.9 Å². The average molecular weight is 182 g/mol. The fourth-order valence-corrected chi connectivity index (χ4v) is 2.02. The number of hydrogen-bond donors (Lipinski definition) is 0. The molecule has 1 rings (SSSR count). The highest BCUT2D eigenvalue weighted by Gasteiger charge is 1.95. The van der Waals surface area contributed by atoms with Gasteiger partial charge in [0, 0.05) is 0 Å². The van der Waals surface area contributed by atoms with Crippen molar-refractivity contribution in [3.63, 3.8) is 0 Å². The van der Waals surface area contributed by atoms with Crippen LogP contribution in [0.25, 0.3) is 0 Å². The van der Waals surface area contributed by atoms with Gasteiger partial charge in [-0.25, -0.2) is 0 Å². The Hall–Kier alpha value is 0.1000. The maximum atomic E-state index is 10.2. The van der Waals surface area contributed by atoms with Crippen molar-refractivity contribution in [1.82, 2.24) is 0 Å². The van der Waals surface area contributed by atoms with E-state index in [1.54, 1.807) is 6.07 Å². The Morgan fingerprint density at radius 3 is 2.56 bits per heavy atom. The highest BCUT2D eigenvalue weighted by Crippen LogP contribution is 2.23. The summed E-state index contributed by atoms with van der Waals surface area (Å²) in [5.41, 5.74) is 0. The first kappa shape index (κ1) is 7.21. The van der Waals surface area contributed by atoms with Gasteiger partial charge in [0.1, 0.15) is 0 Å². The van der Waals surface area contributed by atoms with Crippen LogP contribution in [0, 0.1) is 0 Å². The molecule has 0 radical (unpaired) electrons. The van der Waals surface area contributed by atoms with Crippen molar-refractivity contribution < 1.29 is 8.76 Å². The second-order valence-electron chi connectivity index (χ2n) is 1.29. The third-order valence-electron chi connectivity index (χ3n) is 0.713. The van der Waals surface area contributed by atoms with Crippen molar-refractivity contribution >= 4 is 34.0 Å². The van der Waals surface area contributed by atoms with Crippen LogP contribution in [-0.2, 0) is 11.1 Å². The SMILES string of the molecule is O=S([O-])c1ccc(Cl)s1. The smallest absolute Gasteiger partial charge is 0.0940 e. The summed E-state index contributed by atoms with van der Waals surface area (Å²) in [7, 11) is 0. The molecule has 0 aliphatic carbocycles. The van der Waals surface area contributed by atoms with Gasteiger partial charge in [0.25, 0.3) is 0 Å². The highest BCUT2D eigenvalue weighted by atomic mass is 35.5. The molecule has 0 aliphatic heterocycles. The van der Waals surface area contributed by atoms with Gasteiger partial charge in [-0.1, -0.05) is 11.6 Å². The van der Waals surface area contributed by atoms with Crippen LogP contribution in [0.5, 0.6) is 0 Å². The quantitative estimate of drug-likeness (QED) is 0.618. The fraction of sp³-hybridized carbons (Fsp3) is 0. The van der Waals surface area contributed by atoms with Crippen LogP contribution in [0.2, 0.25) is 4.34 Å². The van der Waals surface area contributed by atoms with Crippen molar-refractivity contribution in [3.05, 3.63) is 16.5 Å². The minimum absolute atomic E-state index is 0.278. The lowest BCUT2D eigenvalue weighted by atomic mass is 10.7. The summed E-state index contributed by atoms with van der Waals surface area (Å²) >= 11 is 4.37. The van der Waals surface area contributed by atoms with Crippen LogP contribution in [0.15, 0.2) is 16.3 Å². The lowest BCUT2D eigenvalue weighted by Crippen LogP contribution is -1.80. The zero-order chi connectivity index (χ0) is 6.85. The van der Waals surface area contributed by atoms with Gasteiger partial charge in [-0.15, -0.1) is 11.3 Å². The topological polar surface area (TPSA) is 40.1 Å². The predicted octanol–water partition coefficient (Wildman–Crippen LogP) is 1.64. The minimum atomic E-state index is -2.12. The number of thiophene rings is 1. The molecule has 0 bridgehead atoms. The molecule has 1 heterocycles. The number of hydrogen-bond acceptors (Lipinski definition) is 3. The van der Waals surface area contributed by atoms with Gasteiger partial charge in [-0.2, -0.15) is 0 Å².